The number of rotatable bonds is 3. The van der Waals surface area contributed by atoms with Crippen molar-refractivity contribution < 1.29 is 13.2 Å². The highest BCUT2D eigenvalue weighted by atomic mass is 79.9. The highest BCUT2D eigenvalue weighted by Crippen LogP contribution is 2.28. The van der Waals surface area contributed by atoms with Crippen LogP contribution >= 0.6 is 26.6 Å². The minimum Gasteiger partial charge on any atom is -0.321 e. The van der Waals surface area contributed by atoms with Gasteiger partial charge in [0.1, 0.15) is 5.69 Å². The topological polar surface area (TPSA) is 81.1 Å². The Kier molecular flexibility index (Phi) is 4.17. The number of hydrogen-bond donors (Lipinski definition) is 1. The number of benzene rings is 1. The lowest BCUT2D eigenvalue weighted by Gasteiger charge is -2.07. The van der Waals surface area contributed by atoms with Crippen molar-refractivity contribution in [1.82, 2.24) is 9.78 Å². The normalized spacial score (nSPS) is 11.3. The van der Waals surface area contributed by atoms with E-state index in [1.807, 2.05) is 0 Å². The first-order valence-corrected chi connectivity index (χ1v) is 8.43. The zero-order valence-corrected chi connectivity index (χ0v) is 13.3. The molecule has 0 radical (unpaired) electrons. The summed E-state index contributed by atoms with van der Waals surface area (Å²) in [5, 5.41) is 6.53. The zero-order valence-electron chi connectivity index (χ0n) is 10.2. The van der Waals surface area contributed by atoms with Gasteiger partial charge in [0.25, 0.3) is 15.0 Å². The molecule has 0 bridgehead atoms. The van der Waals surface area contributed by atoms with E-state index in [4.69, 9.17) is 10.7 Å². The quantitative estimate of drug-likeness (QED) is 0.831. The summed E-state index contributed by atoms with van der Waals surface area (Å²) in [6.45, 7) is 0. The van der Waals surface area contributed by atoms with Gasteiger partial charge in [-0.15, -0.1) is 0 Å². The maximum absolute atomic E-state index is 12.0. The Hall–Kier alpha value is -1.38. The Morgan fingerprint density at radius 2 is 2.10 bits per heavy atom. The molecule has 1 N–H and O–H groups in total. The molecule has 6 nitrogen and oxygen atoms in total. The zero-order chi connectivity index (χ0) is 14.9. The van der Waals surface area contributed by atoms with Gasteiger partial charge in [-0.25, -0.2) is 8.42 Å². The molecule has 0 aliphatic rings. The largest absolute Gasteiger partial charge is 0.321 e. The van der Waals surface area contributed by atoms with Gasteiger partial charge < -0.3 is 5.32 Å². The number of hydrogen-bond acceptors (Lipinski definition) is 4. The van der Waals surface area contributed by atoms with Gasteiger partial charge in [0.2, 0.25) is 0 Å². The number of halogens is 2. The van der Waals surface area contributed by atoms with Crippen LogP contribution in [0.2, 0.25) is 0 Å². The fourth-order valence-corrected chi connectivity index (χ4v) is 3.79. The number of aryl methyl sites for hydroxylation is 1. The van der Waals surface area contributed by atoms with Gasteiger partial charge in [-0.05, 0) is 40.2 Å². The van der Waals surface area contributed by atoms with Gasteiger partial charge >= 0.3 is 0 Å². The second-order valence-electron chi connectivity index (χ2n) is 3.88. The van der Waals surface area contributed by atoms with Crippen molar-refractivity contribution in [3.8, 4) is 0 Å². The standard InChI is InChI=1S/C11H9BrClN3O3S/c1-16-9(4-5-14-16)11(17)15-7-2-3-10(8(12)6-7)20(13,18)19/h2-6H,1H3,(H,15,17). The fourth-order valence-electron chi connectivity index (χ4n) is 1.57. The third-order valence-corrected chi connectivity index (χ3v) is 4.80. The van der Waals surface area contributed by atoms with Crippen LogP contribution in [0.3, 0.4) is 0 Å². The van der Waals surface area contributed by atoms with Crippen LogP contribution in [0, 0.1) is 0 Å². The van der Waals surface area contributed by atoms with Crippen molar-refractivity contribution in [1.29, 1.82) is 0 Å². The summed E-state index contributed by atoms with van der Waals surface area (Å²) < 4.78 is 24.2. The molecule has 0 aliphatic heterocycles. The molecule has 1 heterocycles. The number of anilines is 1. The first kappa shape index (κ1) is 15.0. The third kappa shape index (κ3) is 3.20. The number of carbonyl (C=O) groups is 1. The molecule has 2 aromatic rings. The van der Waals surface area contributed by atoms with E-state index in [1.54, 1.807) is 13.1 Å². The molecule has 0 aliphatic carbocycles. The smallest absolute Gasteiger partial charge is 0.273 e. The van der Waals surface area contributed by atoms with Gasteiger partial charge in [-0.3, -0.25) is 9.48 Å². The van der Waals surface area contributed by atoms with E-state index in [1.165, 1.54) is 29.1 Å². The predicted molar refractivity (Wildman–Crippen MR) is 78.3 cm³/mol. The predicted octanol–water partition coefficient (Wildman–Crippen LogP) is 2.36. The molecule has 1 aromatic heterocycles. The van der Waals surface area contributed by atoms with Crippen LogP contribution in [0.25, 0.3) is 0 Å². The molecular formula is C11H9BrClN3O3S. The van der Waals surface area contributed by atoms with Crippen LogP contribution in [-0.4, -0.2) is 24.1 Å². The lowest BCUT2D eigenvalue weighted by atomic mass is 10.3. The summed E-state index contributed by atoms with van der Waals surface area (Å²) in [5.41, 5.74) is 0.822. The van der Waals surface area contributed by atoms with E-state index in [0.29, 0.717) is 11.4 Å². The van der Waals surface area contributed by atoms with Crippen molar-refractivity contribution in [3.05, 3.63) is 40.6 Å². The summed E-state index contributed by atoms with van der Waals surface area (Å²) >= 11 is 3.10. The van der Waals surface area contributed by atoms with Crippen LogP contribution in [0.1, 0.15) is 10.5 Å². The van der Waals surface area contributed by atoms with Crippen molar-refractivity contribution in [2.45, 2.75) is 4.90 Å². The second kappa shape index (κ2) is 5.55. The number of nitrogens with zero attached hydrogens (tertiary/aromatic N) is 2. The average Bonchev–Trinajstić information content (AvgIpc) is 2.73. The first-order chi connectivity index (χ1) is 9.29. The summed E-state index contributed by atoms with van der Waals surface area (Å²) in [5.74, 6) is -0.349. The number of aromatic nitrogens is 2. The maximum atomic E-state index is 12.0. The minimum atomic E-state index is -3.83. The Morgan fingerprint density at radius 1 is 1.40 bits per heavy atom. The van der Waals surface area contributed by atoms with Crippen LogP contribution < -0.4 is 5.32 Å². The average molecular weight is 379 g/mol. The van der Waals surface area contributed by atoms with Gasteiger partial charge in [0.15, 0.2) is 0 Å². The minimum absolute atomic E-state index is 0.0577. The molecule has 9 heteroatoms. The Bertz CT molecular complexity index is 773. The van der Waals surface area contributed by atoms with Crippen LogP contribution in [0.4, 0.5) is 5.69 Å². The molecule has 0 saturated heterocycles. The summed E-state index contributed by atoms with van der Waals surface area (Å²) in [7, 11) is 3.08. The van der Waals surface area contributed by atoms with E-state index in [9.17, 15) is 13.2 Å². The number of nitrogens with one attached hydrogen (secondary N) is 1. The van der Waals surface area contributed by atoms with E-state index in [0.717, 1.165) is 0 Å². The summed E-state index contributed by atoms with van der Waals surface area (Å²) in [4.78, 5) is 11.9. The van der Waals surface area contributed by atoms with Crippen molar-refractivity contribution in [2.75, 3.05) is 5.32 Å². The molecule has 0 unspecified atom stereocenters. The molecule has 20 heavy (non-hydrogen) atoms. The van der Waals surface area contributed by atoms with Crippen molar-refractivity contribution in [3.63, 3.8) is 0 Å². The number of amides is 1. The highest BCUT2D eigenvalue weighted by Gasteiger charge is 2.16. The van der Waals surface area contributed by atoms with E-state index < -0.39 is 9.05 Å². The van der Waals surface area contributed by atoms with E-state index in [-0.39, 0.29) is 15.3 Å². The Balaban J connectivity index is 2.26. The third-order valence-electron chi connectivity index (χ3n) is 2.51. The highest BCUT2D eigenvalue weighted by molar-refractivity contribution is 9.10. The van der Waals surface area contributed by atoms with Crippen LogP contribution in [-0.2, 0) is 16.1 Å². The van der Waals surface area contributed by atoms with Crippen molar-refractivity contribution in [2.24, 2.45) is 7.05 Å². The molecular weight excluding hydrogens is 370 g/mol. The molecule has 1 aromatic carbocycles. The fraction of sp³-hybridized carbons (Fsp3) is 0.0909. The Labute approximate surface area is 128 Å². The van der Waals surface area contributed by atoms with E-state index >= 15 is 0 Å². The molecule has 0 fully saturated rings. The molecule has 0 spiro atoms. The summed E-state index contributed by atoms with van der Waals surface area (Å²) in [6.07, 6.45) is 1.51. The summed E-state index contributed by atoms with van der Waals surface area (Å²) in [6, 6.07) is 5.80. The van der Waals surface area contributed by atoms with Crippen LogP contribution in [0.5, 0.6) is 0 Å². The van der Waals surface area contributed by atoms with Gasteiger partial charge in [-0.2, -0.15) is 5.10 Å². The van der Waals surface area contributed by atoms with Gasteiger partial charge in [0, 0.05) is 34.1 Å². The van der Waals surface area contributed by atoms with Crippen molar-refractivity contribution >= 4 is 47.3 Å². The lowest BCUT2D eigenvalue weighted by Crippen LogP contribution is -2.16. The number of carbonyl (C=O) groups excluding carboxylic acids is 1. The second-order valence-corrected chi connectivity index (χ2v) is 7.27. The molecule has 0 saturated carbocycles. The Morgan fingerprint density at radius 3 is 2.60 bits per heavy atom. The van der Waals surface area contributed by atoms with Gasteiger partial charge in [-0.1, -0.05) is 0 Å². The van der Waals surface area contributed by atoms with E-state index in [2.05, 4.69) is 26.3 Å². The first-order valence-electron chi connectivity index (χ1n) is 5.32. The molecule has 1 amide bonds. The lowest BCUT2D eigenvalue weighted by molar-refractivity contribution is 0.101. The van der Waals surface area contributed by atoms with Crippen LogP contribution in [0.15, 0.2) is 39.8 Å². The molecule has 0 atom stereocenters. The molecule has 2 rings (SSSR count). The molecule has 106 valence electrons. The maximum Gasteiger partial charge on any atom is 0.273 e. The monoisotopic (exact) mass is 377 g/mol. The van der Waals surface area contributed by atoms with Gasteiger partial charge in [0.05, 0.1) is 4.90 Å². The SMILES string of the molecule is Cn1nccc1C(=O)Nc1ccc(S(=O)(=O)Cl)c(Br)c1.